The first-order valence-corrected chi connectivity index (χ1v) is 12.8. The van der Waals surface area contributed by atoms with Crippen molar-refractivity contribution in [3.8, 4) is 0 Å². The molecular formula is C27H34O11. The number of hydrogen-bond acceptors (Lipinski definition) is 11. The molecule has 11 nitrogen and oxygen atoms in total. The van der Waals surface area contributed by atoms with Crippen LogP contribution in [0.15, 0.2) is 23.3 Å². The van der Waals surface area contributed by atoms with E-state index in [0.717, 1.165) is 6.92 Å². The Morgan fingerprint density at radius 1 is 1.18 bits per heavy atom. The summed E-state index contributed by atoms with van der Waals surface area (Å²) in [4.78, 5) is 51.6. The van der Waals surface area contributed by atoms with Crippen LogP contribution >= 0.6 is 0 Å². The molecule has 4 fully saturated rings. The van der Waals surface area contributed by atoms with Crippen molar-refractivity contribution >= 4 is 23.7 Å². The van der Waals surface area contributed by atoms with Gasteiger partial charge in [-0.25, -0.2) is 9.59 Å². The summed E-state index contributed by atoms with van der Waals surface area (Å²) >= 11 is 0. The zero-order valence-corrected chi connectivity index (χ0v) is 22.2. The largest absolute Gasteiger partial charge is 0.455 e. The van der Waals surface area contributed by atoms with Crippen molar-refractivity contribution in [1.82, 2.24) is 0 Å². The standard InChI is InChI=1S/C27H34O11/c1-7-10(2)22(32)37-17-15-11(3)8-14(29)20(31)25(15,6)24-26-9-35-27(24,34)19(30)12(4)16(26)18(36-13(5)28)23(33)38-21(17)26/h7-8,12,15-21,24,30-31,34H,9H2,1-6H3/b10-7+/t12-,15?,16?,17-,18-,19-,20-,21-,24?,25-,26-,27?/m1/s1. The lowest BCUT2D eigenvalue weighted by atomic mass is 9.37. The minimum Gasteiger partial charge on any atom is -0.455 e. The van der Waals surface area contributed by atoms with Gasteiger partial charge in [0.1, 0.15) is 24.4 Å². The highest BCUT2D eigenvalue weighted by Crippen LogP contribution is 2.74. The van der Waals surface area contributed by atoms with Crippen LogP contribution in [0.2, 0.25) is 0 Å². The second-order valence-corrected chi connectivity index (χ2v) is 11.7. The SMILES string of the molecule is C/C=C(\C)C(=O)O[C@@H]1C2C(C)=CC(=O)[C@@H](O)[C@]2(C)C2C3(O)OC[C@]24C([C@@H](C)[C@H]3O)[C@@H](OC(C)=O)C(=O)O[C@H]14. The number of carbonyl (C=O) groups excluding carboxylic acids is 4. The highest BCUT2D eigenvalue weighted by molar-refractivity contribution is 5.96. The Balaban J connectivity index is 1.81. The molecule has 0 radical (unpaired) electrons. The Labute approximate surface area is 219 Å². The van der Waals surface area contributed by atoms with Crippen molar-refractivity contribution < 1.29 is 53.4 Å². The fraction of sp³-hybridized carbons (Fsp3) is 0.704. The predicted octanol–water partition coefficient (Wildman–Crippen LogP) is 0.196. The van der Waals surface area contributed by atoms with E-state index in [0.29, 0.717) is 11.1 Å². The summed E-state index contributed by atoms with van der Waals surface area (Å²) in [5, 5.41) is 34.8. The van der Waals surface area contributed by atoms with E-state index in [-0.39, 0.29) is 6.61 Å². The van der Waals surface area contributed by atoms with E-state index in [1.54, 1.807) is 40.7 Å². The molecule has 5 rings (SSSR count). The fourth-order valence-electron chi connectivity index (χ4n) is 8.49. The average Bonchev–Trinajstić information content (AvgIpc) is 3.13. The quantitative estimate of drug-likeness (QED) is 0.257. The topological polar surface area (TPSA) is 166 Å². The highest BCUT2D eigenvalue weighted by atomic mass is 16.7. The van der Waals surface area contributed by atoms with E-state index >= 15 is 0 Å². The Morgan fingerprint density at radius 3 is 2.45 bits per heavy atom. The maximum absolute atomic E-state index is 13.4. The Kier molecular flexibility index (Phi) is 6.00. The van der Waals surface area contributed by atoms with Gasteiger partial charge in [0.05, 0.1) is 12.0 Å². The minimum absolute atomic E-state index is 0.265. The summed E-state index contributed by atoms with van der Waals surface area (Å²) < 4.78 is 23.3. The number of esters is 3. The lowest BCUT2D eigenvalue weighted by Crippen LogP contribution is -2.81. The normalized spacial score (nSPS) is 49.3. The summed E-state index contributed by atoms with van der Waals surface area (Å²) in [6.07, 6.45) is -4.24. The van der Waals surface area contributed by atoms with Gasteiger partial charge in [0.15, 0.2) is 11.6 Å². The molecule has 3 aliphatic carbocycles. The number of hydrogen-bond donors (Lipinski definition) is 3. The Hall–Kier alpha value is -2.60. The van der Waals surface area contributed by atoms with Crippen LogP contribution in [0.5, 0.6) is 0 Å². The van der Waals surface area contributed by atoms with Crippen LogP contribution in [-0.4, -0.2) is 81.9 Å². The fourth-order valence-corrected chi connectivity index (χ4v) is 8.49. The lowest BCUT2D eigenvalue weighted by Gasteiger charge is -2.69. The van der Waals surface area contributed by atoms with Crippen molar-refractivity contribution in [2.24, 2.45) is 34.5 Å². The van der Waals surface area contributed by atoms with Gasteiger partial charge in [0.2, 0.25) is 6.10 Å². The number of aliphatic hydroxyl groups is 3. The van der Waals surface area contributed by atoms with Gasteiger partial charge in [0, 0.05) is 35.7 Å². The molecule has 0 aromatic carbocycles. The van der Waals surface area contributed by atoms with Crippen LogP contribution in [0.3, 0.4) is 0 Å². The van der Waals surface area contributed by atoms with E-state index in [1.165, 1.54) is 6.08 Å². The first kappa shape index (κ1) is 27.0. The first-order chi connectivity index (χ1) is 17.7. The van der Waals surface area contributed by atoms with Crippen LogP contribution < -0.4 is 0 Å². The zero-order chi connectivity index (χ0) is 28.1. The second-order valence-electron chi connectivity index (χ2n) is 11.7. The average molecular weight is 535 g/mol. The van der Waals surface area contributed by atoms with Gasteiger partial charge in [-0.3, -0.25) is 9.59 Å². The summed E-state index contributed by atoms with van der Waals surface area (Å²) in [5.74, 6) is -9.01. The smallest absolute Gasteiger partial charge is 0.348 e. The molecule has 2 aliphatic heterocycles. The molecule has 12 atom stereocenters. The molecule has 208 valence electrons. The molecule has 3 N–H and O–H groups in total. The van der Waals surface area contributed by atoms with Crippen LogP contribution in [0, 0.1) is 34.5 Å². The minimum atomic E-state index is -2.24. The van der Waals surface area contributed by atoms with E-state index in [1.807, 2.05) is 0 Å². The number of rotatable bonds is 3. The predicted molar refractivity (Wildman–Crippen MR) is 127 cm³/mol. The van der Waals surface area contributed by atoms with Crippen molar-refractivity contribution in [2.75, 3.05) is 6.61 Å². The molecular weight excluding hydrogens is 500 g/mol. The third-order valence-electron chi connectivity index (χ3n) is 9.87. The van der Waals surface area contributed by atoms with Crippen molar-refractivity contribution in [3.05, 3.63) is 23.3 Å². The number of allylic oxidation sites excluding steroid dienone is 1. The molecule has 1 spiro atoms. The van der Waals surface area contributed by atoms with E-state index in [2.05, 4.69) is 0 Å². The van der Waals surface area contributed by atoms with Crippen LogP contribution in [0.25, 0.3) is 0 Å². The molecule has 11 heteroatoms. The molecule has 2 saturated carbocycles. The molecule has 5 aliphatic rings. The van der Waals surface area contributed by atoms with Gasteiger partial charge in [-0.05, 0) is 32.8 Å². The second kappa shape index (κ2) is 8.45. The van der Waals surface area contributed by atoms with Crippen LogP contribution in [0.1, 0.15) is 41.5 Å². The number of fused-ring (bicyclic) bond motifs is 1. The summed E-state index contributed by atoms with van der Waals surface area (Å²) in [6, 6.07) is 0. The third-order valence-corrected chi connectivity index (χ3v) is 9.87. The Morgan fingerprint density at radius 2 is 1.84 bits per heavy atom. The molecule has 2 heterocycles. The number of ether oxygens (including phenoxy) is 4. The molecule has 2 saturated heterocycles. The number of ketones is 1. The van der Waals surface area contributed by atoms with Crippen molar-refractivity contribution in [3.63, 3.8) is 0 Å². The Bertz CT molecular complexity index is 1170. The zero-order valence-electron chi connectivity index (χ0n) is 22.2. The van der Waals surface area contributed by atoms with E-state index < -0.39 is 94.5 Å². The molecule has 2 bridgehead atoms. The van der Waals surface area contributed by atoms with Crippen LogP contribution in [-0.2, 0) is 38.1 Å². The van der Waals surface area contributed by atoms with Crippen LogP contribution in [0.4, 0.5) is 0 Å². The van der Waals surface area contributed by atoms with Gasteiger partial charge in [-0.2, -0.15) is 0 Å². The third kappa shape index (κ3) is 3.10. The number of aliphatic hydroxyl groups excluding tert-OH is 2. The van der Waals surface area contributed by atoms with Gasteiger partial charge in [-0.15, -0.1) is 0 Å². The monoisotopic (exact) mass is 534 g/mol. The van der Waals surface area contributed by atoms with Gasteiger partial charge in [0.25, 0.3) is 0 Å². The maximum Gasteiger partial charge on any atom is 0.348 e. The molecule has 4 unspecified atom stereocenters. The molecule has 0 aromatic heterocycles. The molecule has 38 heavy (non-hydrogen) atoms. The van der Waals surface area contributed by atoms with Gasteiger partial charge < -0.3 is 34.3 Å². The number of carbonyl (C=O) groups is 4. The van der Waals surface area contributed by atoms with E-state index in [4.69, 9.17) is 18.9 Å². The first-order valence-electron chi connectivity index (χ1n) is 12.8. The molecule has 0 amide bonds. The summed E-state index contributed by atoms with van der Waals surface area (Å²) in [6.45, 7) is 8.95. The van der Waals surface area contributed by atoms with Crippen molar-refractivity contribution in [1.29, 1.82) is 0 Å². The van der Waals surface area contributed by atoms with Gasteiger partial charge >= 0.3 is 17.9 Å². The molecule has 0 aromatic rings. The summed E-state index contributed by atoms with van der Waals surface area (Å²) in [7, 11) is 0. The lowest BCUT2D eigenvalue weighted by molar-refractivity contribution is -0.352. The van der Waals surface area contributed by atoms with E-state index in [9.17, 15) is 34.5 Å². The summed E-state index contributed by atoms with van der Waals surface area (Å²) in [5.41, 5.74) is -2.17. The van der Waals surface area contributed by atoms with Crippen molar-refractivity contribution in [2.45, 2.75) is 77.8 Å². The van der Waals surface area contributed by atoms with Gasteiger partial charge in [-0.1, -0.05) is 25.5 Å². The highest BCUT2D eigenvalue weighted by Gasteiger charge is 2.85. The maximum atomic E-state index is 13.4.